The summed E-state index contributed by atoms with van der Waals surface area (Å²) < 4.78 is 35.6. The Morgan fingerprint density at radius 2 is 1.84 bits per heavy atom. The lowest BCUT2D eigenvalue weighted by atomic mass is 9.82. The van der Waals surface area contributed by atoms with E-state index in [9.17, 15) is 18.5 Å². The zero-order valence-corrected chi connectivity index (χ0v) is 23.0. The molecule has 0 spiro atoms. The first-order chi connectivity index (χ1) is 18.1. The maximum atomic E-state index is 13.5. The van der Waals surface area contributed by atoms with Crippen LogP contribution in [-0.2, 0) is 14.8 Å². The van der Waals surface area contributed by atoms with Crippen molar-refractivity contribution in [1.82, 2.24) is 9.71 Å². The Morgan fingerprint density at radius 3 is 2.50 bits per heavy atom. The van der Waals surface area contributed by atoms with Crippen LogP contribution in [-0.4, -0.2) is 38.0 Å². The van der Waals surface area contributed by atoms with Crippen LogP contribution >= 0.6 is 0 Å². The number of benzene rings is 1. The molecule has 0 bridgehead atoms. The van der Waals surface area contributed by atoms with Crippen LogP contribution in [0.15, 0.2) is 41.6 Å². The van der Waals surface area contributed by atoms with Gasteiger partial charge in [-0.3, -0.25) is 4.79 Å². The minimum absolute atomic E-state index is 0.178. The molecule has 0 atom stereocenters. The number of aryl methyl sites for hydroxylation is 1. The maximum absolute atomic E-state index is 13.5. The zero-order valence-electron chi connectivity index (χ0n) is 22.2. The molecule has 2 saturated carbocycles. The molecule has 1 N–H and O–H groups in total. The highest BCUT2D eigenvalue weighted by atomic mass is 32.2. The summed E-state index contributed by atoms with van der Waals surface area (Å²) >= 11 is 0. The summed E-state index contributed by atoms with van der Waals surface area (Å²) in [6, 6.07) is 11.9. The van der Waals surface area contributed by atoms with E-state index in [0.717, 1.165) is 24.0 Å². The number of nitriles is 1. The van der Waals surface area contributed by atoms with Crippen molar-refractivity contribution >= 4 is 21.6 Å². The molecule has 0 radical (unpaired) electrons. The van der Waals surface area contributed by atoms with Gasteiger partial charge < -0.3 is 9.64 Å². The average Bonchev–Trinajstić information content (AvgIpc) is 3.70. The van der Waals surface area contributed by atoms with Gasteiger partial charge in [0.1, 0.15) is 5.75 Å². The van der Waals surface area contributed by atoms with Crippen LogP contribution < -0.4 is 14.4 Å². The Bertz CT molecular complexity index is 1350. The van der Waals surface area contributed by atoms with Crippen molar-refractivity contribution in [1.29, 1.82) is 5.26 Å². The number of sulfonamides is 1. The van der Waals surface area contributed by atoms with Crippen LogP contribution in [0.5, 0.6) is 5.75 Å². The first kappa shape index (κ1) is 26.5. The van der Waals surface area contributed by atoms with Crippen molar-refractivity contribution in [3.63, 3.8) is 0 Å². The Labute approximate surface area is 225 Å². The summed E-state index contributed by atoms with van der Waals surface area (Å²) in [6.45, 7) is 4.99. The van der Waals surface area contributed by atoms with Crippen molar-refractivity contribution in [3.05, 3.63) is 47.7 Å². The van der Waals surface area contributed by atoms with Gasteiger partial charge in [-0.15, -0.1) is 0 Å². The maximum Gasteiger partial charge on any atom is 0.283 e. The standard InChI is InChI=1S/C29H36N4O4S/c1-21-10-11-23(22-7-4-3-5-8-22)25(19-21)37-29(12-13-29)27(34)32-38(35,36)26-24(9-6-16-31-26)33-17-14-28(2,20-30)15-18-33/h6,9-11,16,19,22H,3-5,7-8,12-15,17-18H2,1-2H3,(H,32,34). The van der Waals surface area contributed by atoms with Crippen LogP contribution in [0, 0.1) is 23.7 Å². The Kier molecular flexibility index (Phi) is 7.12. The number of aromatic nitrogens is 1. The normalized spacial score (nSPS) is 20.8. The molecule has 1 amide bonds. The molecule has 9 heteroatoms. The van der Waals surface area contributed by atoms with Crippen LogP contribution in [0.1, 0.15) is 81.8 Å². The summed E-state index contributed by atoms with van der Waals surface area (Å²) in [5, 5.41) is 9.27. The van der Waals surface area contributed by atoms with E-state index in [1.165, 1.54) is 25.5 Å². The summed E-state index contributed by atoms with van der Waals surface area (Å²) in [4.78, 5) is 19.5. The lowest BCUT2D eigenvalue weighted by molar-refractivity contribution is -0.128. The van der Waals surface area contributed by atoms with Crippen LogP contribution in [0.2, 0.25) is 0 Å². The second kappa shape index (κ2) is 10.2. The van der Waals surface area contributed by atoms with E-state index in [4.69, 9.17) is 4.74 Å². The Balaban J connectivity index is 1.34. The van der Waals surface area contributed by atoms with Gasteiger partial charge in [-0.1, -0.05) is 31.4 Å². The number of amides is 1. The number of hydrogen-bond acceptors (Lipinski definition) is 7. The second-order valence-electron chi connectivity index (χ2n) is 11.4. The third-order valence-corrected chi connectivity index (χ3v) is 9.63. The van der Waals surface area contributed by atoms with Crippen LogP contribution in [0.4, 0.5) is 5.69 Å². The van der Waals surface area contributed by atoms with Crippen molar-refractivity contribution in [2.24, 2.45) is 5.41 Å². The van der Waals surface area contributed by atoms with Crippen molar-refractivity contribution in [3.8, 4) is 11.8 Å². The lowest BCUT2D eigenvalue weighted by Crippen LogP contribution is -2.44. The highest BCUT2D eigenvalue weighted by molar-refractivity contribution is 7.90. The predicted octanol–water partition coefficient (Wildman–Crippen LogP) is 4.98. The molecule has 2 heterocycles. The quantitative estimate of drug-likeness (QED) is 0.531. The van der Waals surface area contributed by atoms with Gasteiger partial charge in [0, 0.05) is 32.1 Å². The summed E-state index contributed by atoms with van der Waals surface area (Å²) in [7, 11) is -4.25. The number of carbonyl (C=O) groups is 1. The first-order valence-corrected chi connectivity index (χ1v) is 15.1. The third kappa shape index (κ3) is 5.37. The lowest BCUT2D eigenvalue weighted by Gasteiger charge is -2.36. The number of piperidine rings is 1. The smallest absolute Gasteiger partial charge is 0.283 e. The van der Waals surface area contributed by atoms with E-state index >= 15 is 0 Å². The molecule has 2 aromatic rings. The molecule has 2 aliphatic carbocycles. The first-order valence-electron chi connectivity index (χ1n) is 13.6. The van der Waals surface area contributed by atoms with Gasteiger partial charge in [-0.25, -0.2) is 9.71 Å². The number of carbonyl (C=O) groups excluding carboxylic acids is 1. The number of nitrogens with zero attached hydrogens (tertiary/aromatic N) is 3. The summed E-state index contributed by atoms with van der Waals surface area (Å²) in [5.41, 5.74) is 0.971. The molecule has 1 saturated heterocycles. The zero-order chi connectivity index (χ0) is 27.0. The van der Waals surface area contributed by atoms with E-state index in [2.05, 4.69) is 27.9 Å². The number of nitrogens with one attached hydrogen (secondary N) is 1. The van der Waals surface area contributed by atoms with E-state index in [1.54, 1.807) is 12.1 Å². The molecule has 5 rings (SSSR count). The highest BCUT2D eigenvalue weighted by Crippen LogP contribution is 2.45. The van der Waals surface area contributed by atoms with Gasteiger partial charge in [0.2, 0.25) is 0 Å². The number of hydrogen-bond donors (Lipinski definition) is 1. The molecular weight excluding hydrogens is 500 g/mol. The van der Waals surface area contributed by atoms with E-state index < -0.39 is 26.9 Å². The number of anilines is 1. The predicted molar refractivity (Wildman–Crippen MR) is 144 cm³/mol. The van der Waals surface area contributed by atoms with Crippen LogP contribution in [0.25, 0.3) is 0 Å². The van der Waals surface area contributed by atoms with Crippen molar-refractivity contribution in [2.75, 3.05) is 18.0 Å². The van der Waals surface area contributed by atoms with Gasteiger partial charge in [-0.05, 0) is 74.8 Å². The van der Waals surface area contributed by atoms with Gasteiger partial charge in [0.15, 0.2) is 10.6 Å². The van der Waals surface area contributed by atoms with Gasteiger partial charge >= 0.3 is 0 Å². The van der Waals surface area contributed by atoms with Gasteiger partial charge in [0.05, 0.1) is 17.2 Å². The number of rotatable bonds is 7. The van der Waals surface area contributed by atoms with E-state index in [-0.39, 0.29) is 5.03 Å². The fourth-order valence-electron chi connectivity index (χ4n) is 5.63. The molecule has 202 valence electrons. The molecule has 0 unspecified atom stereocenters. The van der Waals surface area contributed by atoms with Crippen molar-refractivity contribution in [2.45, 2.75) is 88.2 Å². The minimum atomic E-state index is -4.25. The summed E-state index contributed by atoms with van der Waals surface area (Å²) in [5.74, 6) is 0.431. The third-order valence-electron chi connectivity index (χ3n) is 8.35. The Hall–Kier alpha value is -3.12. The Morgan fingerprint density at radius 1 is 1.13 bits per heavy atom. The largest absolute Gasteiger partial charge is 0.477 e. The second-order valence-corrected chi connectivity index (χ2v) is 13.0. The summed E-state index contributed by atoms with van der Waals surface area (Å²) in [6.07, 6.45) is 9.38. The monoisotopic (exact) mass is 536 g/mol. The molecular formula is C29H36N4O4S. The number of pyridine rings is 1. The van der Waals surface area contributed by atoms with E-state index in [0.29, 0.717) is 56.1 Å². The molecule has 1 aliphatic heterocycles. The average molecular weight is 537 g/mol. The molecule has 1 aromatic heterocycles. The molecule has 38 heavy (non-hydrogen) atoms. The van der Waals surface area contributed by atoms with Crippen LogP contribution in [0.3, 0.4) is 0 Å². The highest BCUT2D eigenvalue weighted by Gasteiger charge is 2.54. The molecule has 1 aromatic carbocycles. The molecule has 3 fully saturated rings. The molecule has 8 nitrogen and oxygen atoms in total. The van der Waals surface area contributed by atoms with E-state index in [1.807, 2.05) is 24.8 Å². The minimum Gasteiger partial charge on any atom is -0.477 e. The van der Waals surface area contributed by atoms with Gasteiger partial charge in [-0.2, -0.15) is 13.7 Å². The fraction of sp³-hybridized carbons (Fsp3) is 0.552. The van der Waals surface area contributed by atoms with Gasteiger partial charge in [0.25, 0.3) is 15.9 Å². The topological polar surface area (TPSA) is 112 Å². The fourth-order valence-corrected chi connectivity index (χ4v) is 6.83. The SMILES string of the molecule is Cc1ccc(C2CCCCC2)c(OC2(C(=O)NS(=O)(=O)c3ncccc3N3CCC(C)(C#N)CC3)CC2)c1. The van der Waals surface area contributed by atoms with Crippen molar-refractivity contribution < 1.29 is 17.9 Å². The number of ether oxygens (including phenoxy) is 1. The molecule has 3 aliphatic rings.